The van der Waals surface area contributed by atoms with Gasteiger partial charge in [0.1, 0.15) is 0 Å². The summed E-state index contributed by atoms with van der Waals surface area (Å²) >= 11 is 3.43. The highest BCUT2D eigenvalue weighted by Gasteiger charge is 2.06. The third-order valence-electron chi connectivity index (χ3n) is 2.38. The van der Waals surface area contributed by atoms with Gasteiger partial charge in [-0.15, -0.1) is 0 Å². The Kier molecular flexibility index (Phi) is 3.81. The Morgan fingerprint density at radius 3 is 3.00 bits per heavy atom. The van der Waals surface area contributed by atoms with Crippen molar-refractivity contribution in [2.45, 2.75) is 13.5 Å². The molecular weight excluding hydrogens is 282 g/mol. The summed E-state index contributed by atoms with van der Waals surface area (Å²) in [6, 6.07) is 5.95. The SMILES string of the molecule is CCOc1cnn(-c2ccc(Br)cc2CN)c1. The van der Waals surface area contributed by atoms with Crippen LogP contribution < -0.4 is 10.5 Å². The summed E-state index contributed by atoms with van der Waals surface area (Å²) < 4.78 is 8.17. The lowest BCUT2D eigenvalue weighted by molar-refractivity contribution is 0.340. The summed E-state index contributed by atoms with van der Waals surface area (Å²) in [5, 5.41) is 4.26. The monoisotopic (exact) mass is 295 g/mol. The van der Waals surface area contributed by atoms with Gasteiger partial charge in [-0.05, 0) is 30.7 Å². The van der Waals surface area contributed by atoms with Crippen LogP contribution in [0.4, 0.5) is 0 Å². The zero-order chi connectivity index (χ0) is 12.3. The van der Waals surface area contributed by atoms with Crippen LogP contribution >= 0.6 is 15.9 Å². The maximum absolute atomic E-state index is 5.73. The standard InChI is InChI=1S/C12H14BrN3O/c1-2-17-11-7-15-16(8-11)12-4-3-10(13)5-9(12)6-14/h3-5,7-8H,2,6,14H2,1H3. The summed E-state index contributed by atoms with van der Waals surface area (Å²) in [5.74, 6) is 0.762. The number of aromatic nitrogens is 2. The molecule has 0 aliphatic rings. The molecule has 1 aromatic heterocycles. The number of hydrogen-bond donors (Lipinski definition) is 1. The van der Waals surface area contributed by atoms with E-state index in [1.807, 2.05) is 31.3 Å². The van der Waals surface area contributed by atoms with Gasteiger partial charge in [0.2, 0.25) is 0 Å². The molecule has 0 atom stereocenters. The fraction of sp³-hybridized carbons (Fsp3) is 0.250. The minimum atomic E-state index is 0.471. The number of ether oxygens (including phenoxy) is 1. The molecule has 0 aliphatic carbocycles. The summed E-state index contributed by atoms with van der Waals surface area (Å²) in [4.78, 5) is 0. The number of halogens is 1. The summed E-state index contributed by atoms with van der Waals surface area (Å²) in [6.45, 7) is 3.05. The fourth-order valence-electron chi connectivity index (χ4n) is 1.62. The summed E-state index contributed by atoms with van der Waals surface area (Å²) in [7, 11) is 0. The van der Waals surface area contributed by atoms with Crippen LogP contribution in [0.1, 0.15) is 12.5 Å². The van der Waals surface area contributed by atoms with Gasteiger partial charge in [0.25, 0.3) is 0 Å². The molecule has 1 heterocycles. The molecule has 4 nitrogen and oxygen atoms in total. The Balaban J connectivity index is 2.37. The minimum absolute atomic E-state index is 0.471. The van der Waals surface area contributed by atoms with E-state index >= 15 is 0 Å². The molecular formula is C12H14BrN3O. The Bertz CT molecular complexity index is 510. The Labute approximate surface area is 109 Å². The fourth-order valence-corrected chi connectivity index (χ4v) is 2.03. The molecule has 0 aliphatic heterocycles. The van der Waals surface area contributed by atoms with Crippen LogP contribution in [0.2, 0.25) is 0 Å². The van der Waals surface area contributed by atoms with Crippen molar-refractivity contribution in [2.24, 2.45) is 5.73 Å². The maximum Gasteiger partial charge on any atom is 0.157 e. The molecule has 17 heavy (non-hydrogen) atoms. The van der Waals surface area contributed by atoms with Gasteiger partial charge in [-0.3, -0.25) is 0 Å². The van der Waals surface area contributed by atoms with E-state index in [1.54, 1.807) is 10.9 Å². The first-order valence-corrected chi connectivity index (χ1v) is 6.20. The first-order valence-electron chi connectivity index (χ1n) is 5.41. The van der Waals surface area contributed by atoms with Crippen LogP contribution in [-0.4, -0.2) is 16.4 Å². The van der Waals surface area contributed by atoms with Crippen LogP contribution in [-0.2, 0) is 6.54 Å². The molecule has 0 spiro atoms. The molecule has 0 bridgehead atoms. The predicted molar refractivity (Wildman–Crippen MR) is 70.3 cm³/mol. The number of nitrogens with zero attached hydrogens (tertiary/aromatic N) is 2. The minimum Gasteiger partial charge on any atom is -0.491 e. The second-order valence-electron chi connectivity index (χ2n) is 3.53. The number of rotatable bonds is 4. The van der Waals surface area contributed by atoms with Gasteiger partial charge >= 0.3 is 0 Å². The lowest BCUT2D eigenvalue weighted by Crippen LogP contribution is -2.04. The van der Waals surface area contributed by atoms with Crippen LogP contribution in [0, 0.1) is 0 Å². The Morgan fingerprint density at radius 1 is 1.47 bits per heavy atom. The lowest BCUT2D eigenvalue weighted by Gasteiger charge is -2.08. The van der Waals surface area contributed by atoms with Gasteiger partial charge in [0.05, 0.1) is 24.7 Å². The Morgan fingerprint density at radius 2 is 2.29 bits per heavy atom. The van der Waals surface area contributed by atoms with Gasteiger partial charge in [0, 0.05) is 11.0 Å². The van der Waals surface area contributed by atoms with Gasteiger partial charge in [-0.25, -0.2) is 4.68 Å². The smallest absolute Gasteiger partial charge is 0.157 e. The van der Waals surface area contributed by atoms with E-state index in [0.717, 1.165) is 21.5 Å². The van der Waals surface area contributed by atoms with E-state index in [0.29, 0.717) is 13.2 Å². The molecule has 0 radical (unpaired) electrons. The first-order chi connectivity index (χ1) is 8.24. The van der Waals surface area contributed by atoms with E-state index in [-0.39, 0.29) is 0 Å². The normalized spacial score (nSPS) is 10.5. The van der Waals surface area contributed by atoms with Crippen molar-refractivity contribution in [3.63, 3.8) is 0 Å². The van der Waals surface area contributed by atoms with Crippen molar-refractivity contribution in [3.05, 3.63) is 40.6 Å². The molecule has 0 amide bonds. The van der Waals surface area contributed by atoms with Crippen LogP contribution in [0.3, 0.4) is 0 Å². The molecule has 0 fully saturated rings. The third kappa shape index (κ3) is 2.68. The molecule has 2 N–H and O–H groups in total. The molecule has 0 unspecified atom stereocenters. The van der Waals surface area contributed by atoms with Gasteiger partial charge in [-0.2, -0.15) is 5.10 Å². The average Bonchev–Trinajstić information content (AvgIpc) is 2.78. The van der Waals surface area contributed by atoms with Gasteiger partial charge in [-0.1, -0.05) is 15.9 Å². The maximum atomic E-state index is 5.73. The number of nitrogens with two attached hydrogens (primary N) is 1. The predicted octanol–water partition coefficient (Wildman–Crippen LogP) is 2.49. The average molecular weight is 296 g/mol. The highest BCUT2D eigenvalue weighted by Crippen LogP contribution is 2.21. The molecule has 2 aromatic rings. The quantitative estimate of drug-likeness (QED) is 0.943. The van der Waals surface area contributed by atoms with Gasteiger partial charge in [0.15, 0.2) is 5.75 Å². The molecule has 1 aromatic carbocycles. The van der Waals surface area contributed by atoms with E-state index in [4.69, 9.17) is 10.5 Å². The second kappa shape index (κ2) is 5.33. The second-order valence-corrected chi connectivity index (χ2v) is 4.45. The first kappa shape index (κ1) is 12.1. The molecule has 0 saturated heterocycles. The molecule has 90 valence electrons. The van der Waals surface area contributed by atoms with E-state index in [1.165, 1.54) is 0 Å². The zero-order valence-corrected chi connectivity index (χ0v) is 11.1. The van der Waals surface area contributed by atoms with E-state index in [9.17, 15) is 0 Å². The van der Waals surface area contributed by atoms with Crippen molar-refractivity contribution < 1.29 is 4.74 Å². The lowest BCUT2D eigenvalue weighted by atomic mass is 10.2. The van der Waals surface area contributed by atoms with Crippen molar-refractivity contribution in [3.8, 4) is 11.4 Å². The van der Waals surface area contributed by atoms with E-state index in [2.05, 4.69) is 21.0 Å². The van der Waals surface area contributed by atoms with Crippen LogP contribution in [0.5, 0.6) is 5.75 Å². The summed E-state index contributed by atoms with van der Waals surface area (Å²) in [6.07, 6.45) is 3.55. The largest absolute Gasteiger partial charge is 0.491 e. The number of hydrogen-bond acceptors (Lipinski definition) is 3. The highest BCUT2D eigenvalue weighted by molar-refractivity contribution is 9.10. The van der Waals surface area contributed by atoms with Crippen LogP contribution in [0.25, 0.3) is 5.69 Å². The van der Waals surface area contributed by atoms with Gasteiger partial charge < -0.3 is 10.5 Å². The molecule has 0 saturated carbocycles. The van der Waals surface area contributed by atoms with Crippen molar-refractivity contribution in [1.29, 1.82) is 0 Å². The topological polar surface area (TPSA) is 53.1 Å². The van der Waals surface area contributed by atoms with Crippen molar-refractivity contribution in [2.75, 3.05) is 6.61 Å². The van der Waals surface area contributed by atoms with E-state index < -0.39 is 0 Å². The number of benzene rings is 1. The third-order valence-corrected chi connectivity index (χ3v) is 2.87. The molecule has 2 rings (SSSR count). The van der Waals surface area contributed by atoms with Crippen molar-refractivity contribution in [1.82, 2.24) is 9.78 Å². The molecule has 5 heteroatoms. The zero-order valence-electron chi connectivity index (χ0n) is 9.56. The van der Waals surface area contributed by atoms with Crippen molar-refractivity contribution >= 4 is 15.9 Å². The summed E-state index contributed by atoms with van der Waals surface area (Å²) in [5.41, 5.74) is 7.74. The van der Waals surface area contributed by atoms with Crippen LogP contribution in [0.15, 0.2) is 35.1 Å². The highest BCUT2D eigenvalue weighted by atomic mass is 79.9. The Hall–Kier alpha value is -1.33.